The summed E-state index contributed by atoms with van der Waals surface area (Å²) in [5, 5.41) is 9.54. The van der Waals surface area contributed by atoms with Crippen LogP contribution in [0.3, 0.4) is 0 Å². The van der Waals surface area contributed by atoms with Gasteiger partial charge in [0.15, 0.2) is 0 Å². The molecule has 1 unspecified atom stereocenters. The molecule has 0 radical (unpaired) electrons. The van der Waals surface area contributed by atoms with Crippen molar-refractivity contribution in [3.8, 4) is 5.75 Å². The van der Waals surface area contributed by atoms with E-state index >= 15 is 0 Å². The highest BCUT2D eigenvalue weighted by Gasteiger charge is 2.29. The molecule has 0 amide bonds. The number of aliphatic hydroxyl groups excluding tert-OH is 1. The molecule has 0 aromatic heterocycles. The maximum atomic E-state index is 11.1. The quantitative estimate of drug-likeness (QED) is 0.725. The fourth-order valence-corrected chi connectivity index (χ4v) is 2.75. The number of aliphatic hydroxyl groups is 1. The first-order valence-corrected chi connectivity index (χ1v) is 6.25. The second-order valence-electron chi connectivity index (χ2n) is 3.01. The third-order valence-electron chi connectivity index (χ3n) is 1.91. The molecule has 0 aliphatic carbocycles. The van der Waals surface area contributed by atoms with Crippen LogP contribution in [0.15, 0.2) is 22.7 Å². The molecule has 4 nitrogen and oxygen atoms in total. The Bertz CT molecular complexity index is 468. The molecule has 0 bridgehead atoms. The Labute approximate surface area is 89.8 Å². The van der Waals surface area contributed by atoms with E-state index in [0.29, 0.717) is 5.56 Å². The van der Waals surface area contributed by atoms with Crippen LogP contribution < -0.4 is 4.18 Å². The average molecular weight is 279 g/mol. The molecule has 1 aromatic carbocycles. The van der Waals surface area contributed by atoms with Crippen molar-refractivity contribution >= 4 is 26.0 Å². The van der Waals surface area contributed by atoms with Crippen molar-refractivity contribution in [1.29, 1.82) is 0 Å². The number of fused-ring (bicyclic) bond motifs is 1. The molecule has 0 saturated carbocycles. The summed E-state index contributed by atoms with van der Waals surface area (Å²) in [4.78, 5) is 0. The summed E-state index contributed by atoms with van der Waals surface area (Å²) < 4.78 is 27.7. The van der Waals surface area contributed by atoms with Gasteiger partial charge in [-0.25, -0.2) is 0 Å². The van der Waals surface area contributed by atoms with Crippen molar-refractivity contribution in [2.75, 3.05) is 5.75 Å². The minimum Gasteiger partial charge on any atom is -0.387 e. The van der Waals surface area contributed by atoms with E-state index in [4.69, 9.17) is 4.18 Å². The zero-order valence-electron chi connectivity index (χ0n) is 6.97. The molecular weight excluding hydrogens is 272 g/mol. The average Bonchev–Trinajstić information content (AvgIpc) is 2.05. The van der Waals surface area contributed by atoms with Crippen molar-refractivity contribution in [3.63, 3.8) is 0 Å². The predicted molar refractivity (Wildman–Crippen MR) is 53.5 cm³/mol. The van der Waals surface area contributed by atoms with Crippen LogP contribution in [0.5, 0.6) is 5.75 Å². The summed E-state index contributed by atoms with van der Waals surface area (Å²) in [6.07, 6.45) is -1.01. The van der Waals surface area contributed by atoms with Gasteiger partial charge in [-0.3, -0.25) is 0 Å². The Balaban J connectivity index is 2.56. The van der Waals surface area contributed by atoms with Crippen LogP contribution in [-0.2, 0) is 10.1 Å². The lowest BCUT2D eigenvalue weighted by Gasteiger charge is -2.21. The molecule has 1 aliphatic heterocycles. The van der Waals surface area contributed by atoms with Crippen molar-refractivity contribution in [2.24, 2.45) is 0 Å². The summed E-state index contributed by atoms with van der Waals surface area (Å²) in [5.41, 5.74) is 0.495. The third kappa shape index (κ3) is 1.77. The maximum Gasteiger partial charge on any atom is 0.312 e. The van der Waals surface area contributed by atoms with E-state index in [1.807, 2.05) is 0 Å². The van der Waals surface area contributed by atoms with Crippen LogP contribution in [-0.4, -0.2) is 19.3 Å². The molecule has 76 valence electrons. The van der Waals surface area contributed by atoms with Gasteiger partial charge in [0.25, 0.3) is 0 Å². The molecule has 0 saturated heterocycles. The Morgan fingerprint density at radius 2 is 2.21 bits per heavy atom. The highest BCUT2D eigenvalue weighted by Crippen LogP contribution is 2.34. The summed E-state index contributed by atoms with van der Waals surface area (Å²) in [5.74, 6) is -0.192. The number of hydrogen-bond donors (Lipinski definition) is 1. The molecule has 2 rings (SSSR count). The van der Waals surface area contributed by atoms with Gasteiger partial charge in [0, 0.05) is 10.0 Å². The second kappa shape index (κ2) is 3.22. The van der Waals surface area contributed by atoms with Gasteiger partial charge in [-0.2, -0.15) is 8.42 Å². The van der Waals surface area contributed by atoms with Crippen LogP contribution >= 0.6 is 15.9 Å². The summed E-state index contributed by atoms with van der Waals surface area (Å²) >= 11 is 3.23. The van der Waals surface area contributed by atoms with E-state index in [1.165, 1.54) is 6.07 Å². The van der Waals surface area contributed by atoms with Crippen molar-refractivity contribution in [2.45, 2.75) is 6.10 Å². The van der Waals surface area contributed by atoms with E-state index in [9.17, 15) is 13.5 Å². The van der Waals surface area contributed by atoms with Crippen LogP contribution in [0.1, 0.15) is 11.7 Å². The SMILES string of the molecule is O=S1(=O)CC(O)c2cc(Br)ccc2O1. The lowest BCUT2D eigenvalue weighted by molar-refractivity contribution is 0.190. The van der Waals surface area contributed by atoms with E-state index in [-0.39, 0.29) is 5.75 Å². The van der Waals surface area contributed by atoms with E-state index in [0.717, 1.165) is 4.47 Å². The van der Waals surface area contributed by atoms with Crippen molar-refractivity contribution in [3.05, 3.63) is 28.2 Å². The fraction of sp³-hybridized carbons (Fsp3) is 0.250. The minimum atomic E-state index is -3.62. The molecule has 6 heteroatoms. The van der Waals surface area contributed by atoms with Gasteiger partial charge >= 0.3 is 10.1 Å². The normalized spacial score (nSPS) is 23.7. The van der Waals surface area contributed by atoms with Crippen molar-refractivity contribution < 1.29 is 17.7 Å². The lowest BCUT2D eigenvalue weighted by atomic mass is 10.1. The first-order valence-electron chi connectivity index (χ1n) is 3.87. The largest absolute Gasteiger partial charge is 0.387 e. The maximum absolute atomic E-state index is 11.1. The van der Waals surface area contributed by atoms with Crippen LogP contribution in [0.25, 0.3) is 0 Å². The predicted octanol–water partition coefficient (Wildman–Crippen LogP) is 1.20. The van der Waals surface area contributed by atoms with Crippen LogP contribution in [0.4, 0.5) is 0 Å². The van der Waals surface area contributed by atoms with Gasteiger partial charge in [-0.15, -0.1) is 0 Å². The van der Waals surface area contributed by atoms with E-state index in [2.05, 4.69) is 15.9 Å². The molecule has 1 aromatic rings. The van der Waals surface area contributed by atoms with Crippen LogP contribution in [0.2, 0.25) is 0 Å². The van der Waals surface area contributed by atoms with Gasteiger partial charge in [0.05, 0.1) is 0 Å². The van der Waals surface area contributed by atoms with E-state index < -0.39 is 22.0 Å². The Morgan fingerprint density at radius 1 is 1.50 bits per heavy atom. The molecule has 1 aliphatic rings. The molecule has 1 heterocycles. The summed E-state index contributed by atoms with van der Waals surface area (Å²) in [6.45, 7) is 0. The first-order chi connectivity index (χ1) is 6.48. The highest BCUT2D eigenvalue weighted by molar-refractivity contribution is 9.10. The van der Waals surface area contributed by atoms with Gasteiger partial charge in [0.2, 0.25) is 0 Å². The van der Waals surface area contributed by atoms with Gasteiger partial charge in [-0.1, -0.05) is 15.9 Å². The molecule has 0 spiro atoms. The molecular formula is C8H7BrO4S. The Morgan fingerprint density at radius 3 is 2.93 bits per heavy atom. The lowest BCUT2D eigenvalue weighted by Crippen LogP contribution is -2.25. The topological polar surface area (TPSA) is 63.6 Å². The monoisotopic (exact) mass is 278 g/mol. The second-order valence-corrected chi connectivity index (χ2v) is 5.54. The zero-order valence-corrected chi connectivity index (χ0v) is 9.38. The zero-order chi connectivity index (χ0) is 10.3. The molecule has 1 atom stereocenters. The Hall–Kier alpha value is -0.590. The molecule has 14 heavy (non-hydrogen) atoms. The standard InChI is InChI=1S/C8H7BrO4S/c9-5-1-2-8-6(3-5)7(10)4-14(11,12)13-8/h1-3,7,10H,4H2. The van der Waals surface area contributed by atoms with E-state index in [1.54, 1.807) is 12.1 Å². The smallest absolute Gasteiger partial charge is 0.312 e. The van der Waals surface area contributed by atoms with Crippen molar-refractivity contribution in [1.82, 2.24) is 0 Å². The molecule has 0 fully saturated rings. The number of halogens is 1. The third-order valence-corrected chi connectivity index (χ3v) is 3.56. The first kappa shape index (κ1) is 9.95. The summed E-state index contributed by atoms with van der Waals surface area (Å²) in [7, 11) is -3.62. The summed E-state index contributed by atoms with van der Waals surface area (Å²) in [6, 6.07) is 4.82. The molecule has 1 N–H and O–H groups in total. The van der Waals surface area contributed by atoms with Crippen LogP contribution in [0, 0.1) is 0 Å². The minimum absolute atomic E-state index is 0.201. The number of hydrogen-bond acceptors (Lipinski definition) is 4. The van der Waals surface area contributed by atoms with Gasteiger partial charge in [0.1, 0.15) is 17.6 Å². The number of rotatable bonds is 0. The number of benzene rings is 1. The fourth-order valence-electron chi connectivity index (χ4n) is 1.31. The highest BCUT2D eigenvalue weighted by atomic mass is 79.9. The van der Waals surface area contributed by atoms with Gasteiger partial charge in [-0.05, 0) is 18.2 Å². The van der Waals surface area contributed by atoms with Gasteiger partial charge < -0.3 is 9.29 Å². The Kier molecular flexibility index (Phi) is 2.29.